The Bertz CT molecular complexity index is 687. The van der Waals surface area contributed by atoms with Crippen LogP contribution in [0, 0.1) is 0 Å². The standard InChI is InChI=1S/C19H28N6O2.HI/c1-20-19(22-9-3-10-26-13-18-4-2-11-27-18)23-12-16-5-7-17(8-6-16)25-15-21-14-24-25;/h5-8,14-15,18H,2-4,9-13H2,1H3,(H2,20,22,23);1H. The van der Waals surface area contributed by atoms with Gasteiger partial charge in [0, 0.05) is 33.4 Å². The maximum Gasteiger partial charge on any atom is 0.191 e. The third-order valence-corrected chi connectivity index (χ3v) is 4.39. The zero-order valence-corrected chi connectivity index (χ0v) is 18.5. The SMILES string of the molecule is CN=C(NCCCOCC1CCCO1)NCc1ccc(-n2cncn2)cc1.I. The van der Waals surface area contributed by atoms with E-state index < -0.39 is 0 Å². The molecule has 0 aliphatic carbocycles. The minimum atomic E-state index is 0. The highest BCUT2D eigenvalue weighted by molar-refractivity contribution is 14.0. The summed E-state index contributed by atoms with van der Waals surface area (Å²) in [6, 6.07) is 8.17. The first-order chi connectivity index (χ1) is 13.3. The molecule has 28 heavy (non-hydrogen) atoms. The van der Waals surface area contributed by atoms with E-state index in [4.69, 9.17) is 9.47 Å². The third kappa shape index (κ3) is 7.36. The predicted octanol–water partition coefficient (Wildman–Crippen LogP) is 2.14. The molecular formula is C19H29IN6O2. The fourth-order valence-electron chi connectivity index (χ4n) is 2.89. The number of benzene rings is 1. The molecular weight excluding hydrogens is 471 g/mol. The van der Waals surface area contributed by atoms with E-state index >= 15 is 0 Å². The molecule has 1 aliphatic heterocycles. The summed E-state index contributed by atoms with van der Waals surface area (Å²) in [5, 5.41) is 10.8. The van der Waals surface area contributed by atoms with Crippen molar-refractivity contribution in [2.75, 3.05) is 33.4 Å². The zero-order chi connectivity index (χ0) is 18.7. The molecule has 1 saturated heterocycles. The molecule has 154 valence electrons. The van der Waals surface area contributed by atoms with Gasteiger partial charge >= 0.3 is 0 Å². The molecule has 1 aromatic heterocycles. The van der Waals surface area contributed by atoms with Crippen molar-refractivity contribution in [2.45, 2.75) is 31.9 Å². The van der Waals surface area contributed by atoms with E-state index in [2.05, 4.69) is 37.8 Å². The Labute approximate surface area is 183 Å². The molecule has 0 spiro atoms. The fraction of sp³-hybridized carbons (Fsp3) is 0.526. The number of aliphatic imine (C=N–C) groups is 1. The van der Waals surface area contributed by atoms with Crippen molar-refractivity contribution in [3.63, 3.8) is 0 Å². The third-order valence-electron chi connectivity index (χ3n) is 4.39. The fourth-order valence-corrected chi connectivity index (χ4v) is 2.89. The van der Waals surface area contributed by atoms with Crippen LogP contribution < -0.4 is 10.6 Å². The smallest absolute Gasteiger partial charge is 0.191 e. The number of hydrogen-bond acceptors (Lipinski definition) is 5. The summed E-state index contributed by atoms with van der Waals surface area (Å²) in [6.07, 6.45) is 6.71. The molecule has 0 radical (unpaired) electrons. The highest BCUT2D eigenvalue weighted by Gasteiger charge is 2.14. The van der Waals surface area contributed by atoms with Crippen LogP contribution in [0.15, 0.2) is 41.9 Å². The lowest BCUT2D eigenvalue weighted by Crippen LogP contribution is -2.37. The van der Waals surface area contributed by atoms with E-state index in [1.54, 1.807) is 18.1 Å². The molecule has 0 bridgehead atoms. The number of hydrogen-bond donors (Lipinski definition) is 2. The van der Waals surface area contributed by atoms with Crippen LogP contribution in [0.1, 0.15) is 24.8 Å². The number of rotatable bonds is 9. The van der Waals surface area contributed by atoms with Gasteiger partial charge in [-0.1, -0.05) is 12.1 Å². The van der Waals surface area contributed by atoms with E-state index in [9.17, 15) is 0 Å². The molecule has 2 N–H and O–H groups in total. The first kappa shape index (κ1) is 22.6. The van der Waals surface area contributed by atoms with Crippen LogP contribution in [0.25, 0.3) is 5.69 Å². The van der Waals surface area contributed by atoms with Gasteiger partial charge in [0.1, 0.15) is 12.7 Å². The summed E-state index contributed by atoms with van der Waals surface area (Å²) in [7, 11) is 1.77. The maximum absolute atomic E-state index is 5.67. The van der Waals surface area contributed by atoms with Crippen LogP contribution in [-0.2, 0) is 16.0 Å². The van der Waals surface area contributed by atoms with Gasteiger partial charge in [-0.05, 0) is 37.0 Å². The van der Waals surface area contributed by atoms with Crippen molar-refractivity contribution in [2.24, 2.45) is 4.99 Å². The molecule has 2 aromatic rings. The monoisotopic (exact) mass is 500 g/mol. The van der Waals surface area contributed by atoms with Crippen LogP contribution in [-0.4, -0.2) is 60.2 Å². The van der Waals surface area contributed by atoms with E-state index in [0.29, 0.717) is 19.3 Å². The summed E-state index contributed by atoms with van der Waals surface area (Å²) in [5.74, 6) is 0.787. The minimum absolute atomic E-state index is 0. The molecule has 3 rings (SSSR count). The predicted molar refractivity (Wildman–Crippen MR) is 119 cm³/mol. The number of guanidine groups is 1. The molecule has 0 saturated carbocycles. The molecule has 1 aromatic carbocycles. The topological polar surface area (TPSA) is 85.6 Å². The van der Waals surface area contributed by atoms with Gasteiger partial charge in [0.2, 0.25) is 0 Å². The summed E-state index contributed by atoms with van der Waals surface area (Å²) < 4.78 is 12.9. The average molecular weight is 500 g/mol. The van der Waals surface area contributed by atoms with Gasteiger partial charge in [0.05, 0.1) is 18.4 Å². The Morgan fingerprint density at radius 1 is 1.32 bits per heavy atom. The summed E-state index contributed by atoms with van der Waals surface area (Å²) in [5.41, 5.74) is 2.16. The number of nitrogens with one attached hydrogen (secondary N) is 2. The molecule has 1 aliphatic rings. The number of halogens is 1. The van der Waals surface area contributed by atoms with Crippen LogP contribution in [0.3, 0.4) is 0 Å². The first-order valence-electron chi connectivity index (χ1n) is 9.43. The van der Waals surface area contributed by atoms with Gasteiger partial charge in [-0.3, -0.25) is 4.99 Å². The van der Waals surface area contributed by atoms with E-state index in [1.165, 1.54) is 11.9 Å². The molecule has 0 amide bonds. The quantitative estimate of drug-likeness (QED) is 0.238. The van der Waals surface area contributed by atoms with E-state index in [-0.39, 0.29) is 24.0 Å². The Hall–Kier alpha value is -1.72. The van der Waals surface area contributed by atoms with Crippen molar-refractivity contribution in [1.82, 2.24) is 25.4 Å². The molecule has 9 heteroatoms. The summed E-state index contributed by atoms with van der Waals surface area (Å²) in [4.78, 5) is 8.21. The number of aromatic nitrogens is 3. The Morgan fingerprint density at radius 3 is 2.86 bits per heavy atom. The van der Waals surface area contributed by atoms with Crippen LogP contribution in [0.4, 0.5) is 0 Å². The summed E-state index contributed by atoms with van der Waals surface area (Å²) >= 11 is 0. The lowest BCUT2D eigenvalue weighted by molar-refractivity contribution is 0.0168. The van der Waals surface area contributed by atoms with Crippen LogP contribution >= 0.6 is 24.0 Å². The molecule has 8 nitrogen and oxygen atoms in total. The second-order valence-electron chi connectivity index (χ2n) is 6.42. The Morgan fingerprint density at radius 2 is 2.18 bits per heavy atom. The zero-order valence-electron chi connectivity index (χ0n) is 16.2. The molecule has 1 atom stereocenters. The second kappa shape index (κ2) is 12.7. The average Bonchev–Trinajstić information content (AvgIpc) is 3.41. The first-order valence-corrected chi connectivity index (χ1v) is 9.43. The molecule has 1 fully saturated rings. The molecule has 2 heterocycles. The van der Waals surface area contributed by atoms with Gasteiger partial charge in [-0.15, -0.1) is 24.0 Å². The van der Waals surface area contributed by atoms with E-state index in [0.717, 1.165) is 50.7 Å². The van der Waals surface area contributed by atoms with Crippen molar-refractivity contribution in [3.05, 3.63) is 42.5 Å². The second-order valence-corrected chi connectivity index (χ2v) is 6.42. The highest BCUT2D eigenvalue weighted by Crippen LogP contribution is 2.11. The van der Waals surface area contributed by atoms with Crippen LogP contribution in [0.2, 0.25) is 0 Å². The van der Waals surface area contributed by atoms with Crippen molar-refractivity contribution >= 4 is 29.9 Å². The highest BCUT2D eigenvalue weighted by atomic mass is 127. The number of ether oxygens (including phenoxy) is 2. The minimum Gasteiger partial charge on any atom is -0.379 e. The Balaban J connectivity index is 0.00000280. The largest absolute Gasteiger partial charge is 0.379 e. The summed E-state index contributed by atoms with van der Waals surface area (Å²) in [6.45, 7) is 3.83. The van der Waals surface area contributed by atoms with Crippen molar-refractivity contribution < 1.29 is 9.47 Å². The van der Waals surface area contributed by atoms with Crippen molar-refractivity contribution in [3.8, 4) is 5.69 Å². The molecule has 1 unspecified atom stereocenters. The van der Waals surface area contributed by atoms with Gasteiger partial charge in [0.25, 0.3) is 0 Å². The maximum atomic E-state index is 5.67. The van der Waals surface area contributed by atoms with Crippen LogP contribution in [0.5, 0.6) is 0 Å². The normalized spacial score (nSPS) is 16.6. The van der Waals surface area contributed by atoms with Gasteiger partial charge in [-0.25, -0.2) is 9.67 Å². The lowest BCUT2D eigenvalue weighted by Gasteiger charge is -2.13. The van der Waals surface area contributed by atoms with Crippen molar-refractivity contribution in [1.29, 1.82) is 0 Å². The van der Waals surface area contributed by atoms with E-state index in [1.807, 2.05) is 12.1 Å². The number of nitrogens with zero attached hydrogens (tertiary/aromatic N) is 4. The van der Waals surface area contributed by atoms with Gasteiger partial charge in [0.15, 0.2) is 5.96 Å². The lowest BCUT2D eigenvalue weighted by atomic mass is 10.2. The van der Waals surface area contributed by atoms with Gasteiger partial charge in [-0.2, -0.15) is 5.10 Å². The Kier molecular flexibility index (Phi) is 10.2. The van der Waals surface area contributed by atoms with Gasteiger partial charge < -0.3 is 20.1 Å².